The number of nitrogens with one attached hydrogen (secondary N) is 1. The van der Waals surface area contributed by atoms with Crippen LogP contribution in [0.3, 0.4) is 0 Å². The van der Waals surface area contributed by atoms with Gasteiger partial charge in [-0.3, -0.25) is 0 Å². The van der Waals surface area contributed by atoms with Crippen LogP contribution in [0, 0.1) is 34.5 Å². The third kappa shape index (κ3) is 4.49. The molecule has 0 radical (unpaired) electrons. The van der Waals surface area contributed by atoms with Gasteiger partial charge in [-0.1, -0.05) is 25.5 Å². The highest BCUT2D eigenvalue weighted by molar-refractivity contribution is 5.85. The topological polar surface area (TPSA) is 35.5 Å². The number of aliphatic hydroxyl groups excluding tert-OH is 1. The summed E-state index contributed by atoms with van der Waals surface area (Å²) in [4.78, 5) is 2.28. The standard InChI is InChI=1S/C25H44N2O.2ClH/c1-17(26-14-15-27(4)5)21-8-9-22-20-7-6-18-16-19(28)10-12-24(18,2)23(20)11-13-25(21,22)3;;/h6,17,19-23,26,28H,7-16H2,1-5H3;2*1H. The Morgan fingerprint density at radius 3 is 2.53 bits per heavy atom. The maximum Gasteiger partial charge on any atom is 0.0577 e. The molecule has 3 fully saturated rings. The molecule has 0 aromatic carbocycles. The molecule has 0 bridgehead atoms. The molecule has 0 aromatic heterocycles. The van der Waals surface area contributed by atoms with E-state index in [1.807, 2.05) is 0 Å². The number of nitrogens with zero attached hydrogens (tertiary/aromatic N) is 1. The minimum atomic E-state index is -0.0883. The van der Waals surface area contributed by atoms with Crippen molar-refractivity contribution >= 4 is 24.8 Å². The van der Waals surface area contributed by atoms with E-state index in [9.17, 15) is 5.11 Å². The summed E-state index contributed by atoms with van der Waals surface area (Å²) in [5, 5.41) is 14.1. The fourth-order valence-electron chi connectivity index (χ4n) is 8.16. The van der Waals surface area contributed by atoms with Crippen molar-refractivity contribution in [3.63, 3.8) is 0 Å². The minimum absolute atomic E-state index is 0. The van der Waals surface area contributed by atoms with Crippen molar-refractivity contribution in [2.75, 3.05) is 27.2 Å². The molecule has 0 aliphatic heterocycles. The van der Waals surface area contributed by atoms with Crippen molar-refractivity contribution in [2.24, 2.45) is 34.5 Å². The van der Waals surface area contributed by atoms with Crippen molar-refractivity contribution in [1.29, 1.82) is 0 Å². The summed E-state index contributed by atoms with van der Waals surface area (Å²) in [6.45, 7) is 9.86. The number of hydrogen-bond acceptors (Lipinski definition) is 3. The number of fused-ring (bicyclic) bond motifs is 5. The molecule has 0 amide bonds. The third-order valence-electron chi connectivity index (χ3n) is 9.78. The second-order valence-corrected chi connectivity index (χ2v) is 11.4. The Bertz CT molecular complexity index is 612. The summed E-state index contributed by atoms with van der Waals surface area (Å²) >= 11 is 0. The summed E-state index contributed by atoms with van der Waals surface area (Å²) in [5.41, 5.74) is 2.49. The molecule has 4 rings (SSSR count). The number of hydrogen-bond donors (Lipinski definition) is 2. The van der Waals surface area contributed by atoms with Gasteiger partial charge in [-0.25, -0.2) is 0 Å². The molecule has 8 atom stereocenters. The van der Waals surface area contributed by atoms with Crippen LogP contribution in [0.4, 0.5) is 0 Å². The van der Waals surface area contributed by atoms with Gasteiger partial charge in [0.25, 0.3) is 0 Å². The molecule has 0 saturated heterocycles. The molecule has 30 heavy (non-hydrogen) atoms. The van der Waals surface area contributed by atoms with E-state index >= 15 is 0 Å². The summed E-state index contributed by atoms with van der Waals surface area (Å²) in [5.74, 6) is 3.46. The SMILES string of the molecule is CC(NCCN(C)C)C1CCC2C3CC=C4CC(O)CCC4(C)C3CCC12C.Cl.Cl. The highest BCUT2D eigenvalue weighted by atomic mass is 35.5. The van der Waals surface area contributed by atoms with Crippen molar-refractivity contribution in [3.05, 3.63) is 11.6 Å². The van der Waals surface area contributed by atoms with Crippen molar-refractivity contribution in [1.82, 2.24) is 10.2 Å². The van der Waals surface area contributed by atoms with Gasteiger partial charge in [-0.2, -0.15) is 0 Å². The average Bonchev–Trinajstić information content (AvgIpc) is 2.99. The van der Waals surface area contributed by atoms with E-state index in [1.165, 1.54) is 38.5 Å². The highest BCUT2D eigenvalue weighted by Crippen LogP contribution is 2.66. The van der Waals surface area contributed by atoms with Gasteiger partial charge in [0, 0.05) is 19.1 Å². The van der Waals surface area contributed by atoms with Crippen molar-refractivity contribution in [3.8, 4) is 0 Å². The summed E-state index contributed by atoms with van der Waals surface area (Å²) in [6.07, 6.45) is 12.6. The van der Waals surface area contributed by atoms with E-state index in [0.29, 0.717) is 16.9 Å². The van der Waals surface area contributed by atoms with Gasteiger partial charge in [0.1, 0.15) is 0 Å². The Kier molecular flexibility index (Phi) is 8.81. The van der Waals surface area contributed by atoms with E-state index in [-0.39, 0.29) is 30.9 Å². The van der Waals surface area contributed by atoms with Crippen LogP contribution in [0.2, 0.25) is 0 Å². The first kappa shape index (κ1) is 26.5. The molecular formula is C25H46Cl2N2O. The Morgan fingerprint density at radius 1 is 1.10 bits per heavy atom. The quantitative estimate of drug-likeness (QED) is 0.545. The van der Waals surface area contributed by atoms with Gasteiger partial charge < -0.3 is 15.3 Å². The van der Waals surface area contributed by atoms with Crippen LogP contribution >= 0.6 is 24.8 Å². The van der Waals surface area contributed by atoms with Crippen LogP contribution < -0.4 is 5.32 Å². The summed E-state index contributed by atoms with van der Waals surface area (Å²) < 4.78 is 0. The summed E-state index contributed by atoms with van der Waals surface area (Å²) in [7, 11) is 4.33. The van der Waals surface area contributed by atoms with Crippen LogP contribution in [0.25, 0.3) is 0 Å². The average molecular weight is 462 g/mol. The second-order valence-electron chi connectivity index (χ2n) is 11.4. The largest absolute Gasteiger partial charge is 0.393 e. The van der Waals surface area contributed by atoms with Crippen LogP contribution in [-0.2, 0) is 0 Å². The van der Waals surface area contributed by atoms with Crippen LogP contribution in [0.5, 0.6) is 0 Å². The van der Waals surface area contributed by atoms with Crippen LogP contribution in [-0.4, -0.2) is 49.3 Å². The van der Waals surface area contributed by atoms with E-state index in [1.54, 1.807) is 5.57 Å². The molecule has 4 aliphatic carbocycles. The lowest BCUT2D eigenvalue weighted by Crippen LogP contribution is -2.52. The lowest BCUT2D eigenvalue weighted by Gasteiger charge is -2.58. The first-order valence-corrected chi connectivity index (χ1v) is 12.0. The number of halogens is 2. The lowest BCUT2D eigenvalue weighted by atomic mass is 9.47. The Balaban J connectivity index is 0.00000160. The maximum absolute atomic E-state index is 10.2. The predicted octanol–water partition coefficient (Wildman–Crippen LogP) is 5.31. The number of likely N-dealkylation sites (N-methyl/N-ethyl adjacent to an activating group) is 1. The molecule has 2 N–H and O–H groups in total. The fraction of sp³-hybridized carbons (Fsp3) is 0.920. The van der Waals surface area contributed by atoms with Crippen LogP contribution in [0.1, 0.15) is 72.1 Å². The van der Waals surface area contributed by atoms with Crippen molar-refractivity contribution in [2.45, 2.75) is 84.3 Å². The third-order valence-corrected chi connectivity index (χ3v) is 9.78. The smallest absolute Gasteiger partial charge is 0.0577 e. The first-order valence-electron chi connectivity index (χ1n) is 12.0. The second kappa shape index (κ2) is 10.00. The van der Waals surface area contributed by atoms with Gasteiger partial charge in [0.05, 0.1) is 6.10 Å². The monoisotopic (exact) mass is 460 g/mol. The maximum atomic E-state index is 10.2. The molecule has 5 heteroatoms. The zero-order valence-electron chi connectivity index (χ0n) is 19.8. The molecule has 0 aromatic rings. The van der Waals surface area contributed by atoms with Gasteiger partial charge in [-0.05, 0) is 107 Å². The molecule has 4 aliphatic rings. The molecule has 176 valence electrons. The lowest BCUT2D eigenvalue weighted by molar-refractivity contribution is -0.0535. The van der Waals surface area contributed by atoms with Gasteiger partial charge in [0.15, 0.2) is 0 Å². The van der Waals surface area contributed by atoms with E-state index in [4.69, 9.17) is 0 Å². The number of rotatable bonds is 5. The zero-order chi connectivity index (χ0) is 20.1. The van der Waals surface area contributed by atoms with Gasteiger partial charge >= 0.3 is 0 Å². The van der Waals surface area contributed by atoms with Gasteiger partial charge in [-0.15, -0.1) is 24.8 Å². The molecule has 3 saturated carbocycles. The molecule has 0 spiro atoms. The van der Waals surface area contributed by atoms with E-state index in [0.717, 1.165) is 49.6 Å². The van der Waals surface area contributed by atoms with Gasteiger partial charge in [0.2, 0.25) is 0 Å². The van der Waals surface area contributed by atoms with E-state index in [2.05, 4.69) is 51.2 Å². The first-order chi connectivity index (χ1) is 13.3. The Hall–Kier alpha value is 0.200. The predicted molar refractivity (Wildman–Crippen MR) is 132 cm³/mol. The zero-order valence-corrected chi connectivity index (χ0v) is 21.5. The van der Waals surface area contributed by atoms with Crippen molar-refractivity contribution < 1.29 is 5.11 Å². The number of aliphatic hydroxyl groups is 1. The minimum Gasteiger partial charge on any atom is -0.393 e. The Labute approximate surface area is 197 Å². The molecule has 8 unspecified atom stereocenters. The highest BCUT2D eigenvalue weighted by Gasteiger charge is 2.59. The normalized spacial score (nSPS) is 43.4. The van der Waals surface area contributed by atoms with Crippen LogP contribution in [0.15, 0.2) is 11.6 Å². The molecule has 0 heterocycles. The molecular weight excluding hydrogens is 415 g/mol. The summed E-state index contributed by atoms with van der Waals surface area (Å²) in [6, 6.07) is 0.626. The van der Waals surface area contributed by atoms with E-state index < -0.39 is 0 Å². The number of allylic oxidation sites excluding steroid dienone is 1. The Morgan fingerprint density at radius 2 is 1.83 bits per heavy atom. The fourth-order valence-corrected chi connectivity index (χ4v) is 8.16. The molecule has 3 nitrogen and oxygen atoms in total.